The molecule has 3 amide bonds. The van der Waals surface area contributed by atoms with Crippen LogP contribution in [0.5, 0.6) is 0 Å². The quantitative estimate of drug-likeness (QED) is 0.753. The third kappa shape index (κ3) is 2.84. The number of rotatable bonds is 1. The van der Waals surface area contributed by atoms with Gasteiger partial charge < -0.3 is 15.8 Å². The normalized spacial score (nSPS) is 31.7. The second-order valence-corrected chi connectivity index (χ2v) is 8.63. The summed E-state index contributed by atoms with van der Waals surface area (Å²) in [5.41, 5.74) is 3.96. The Hall–Kier alpha value is -1.79. The first-order chi connectivity index (χ1) is 11.1. The van der Waals surface area contributed by atoms with Gasteiger partial charge in [0.1, 0.15) is 11.6 Å². The van der Waals surface area contributed by atoms with Crippen LogP contribution in [-0.4, -0.2) is 46.5 Å². The predicted octanol–water partition coefficient (Wildman–Crippen LogP) is 1.30. The van der Waals surface area contributed by atoms with Crippen molar-refractivity contribution in [2.75, 3.05) is 6.54 Å². The van der Waals surface area contributed by atoms with Gasteiger partial charge in [-0.25, -0.2) is 4.79 Å². The minimum Gasteiger partial charge on any atom is -0.444 e. The van der Waals surface area contributed by atoms with Crippen molar-refractivity contribution in [1.29, 1.82) is 0 Å². The van der Waals surface area contributed by atoms with E-state index in [1.807, 2.05) is 0 Å². The summed E-state index contributed by atoms with van der Waals surface area (Å²) >= 11 is 0. The third-order valence-corrected chi connectivity index (χ3v) is 5.49. The number of carbonyl (C=O) groups excluding carboxylic acids is 3. The maximum atomic E-state index is 12.7. The molecular weight excluding hydrogens is 310 g/mol. The SMILES string of the molecule is CC(C)(C)OC(=O)N1C[C@@]2(C[C@H]1C(N)=O)CC1(CCCC1)NC2=O. The fraction of sp³-hybridized carbons (Fsp3) is 0.824. The number of hydrogen-bond donors (Lipinski definition) is 2. The van der Waals surface area contributed by atoms with E-state index in [9.17, 15) is 14.4 Å². The van der Waals surface area contributed by atoms with Crippen LogP contribution >= 0.6 is 0 Å². The molecule has 0 aromatic carbocycles. The predicted molar refractivity (Wildman–Crippen MR) is 86.9 cm³/mol. The molecule has 7 nitrogen and oxygen atoms in total. The summed E-state index contributed by atoms with van der Waals surface area (Å²) < 4.78 is 5.40. The van der Waals surface area contributed by atoms with E-state index in [2.05, 4.69) is 5.32 Å². The number of nitrogens with one attached hydrogen (secondary N) is 1. The average Bonchev–Trinajstić information content (AvgIpc) is 3.09. The monoisotopic (exact) mass is 337 g/mol. The van der Waals surface area contributed by atoms with Crippen LogP contribution in [0.2, 0.25) is 0 Å². The lowest BCUT2D eigenvalue weighted by molar-refractivity contribution is -0.127. The molecule has 2 spiro atoms. The van der Waals surface area contributed by atoms with Gasteiger partial charge in [-0.15, -0.1) is 0 Å². The Kier molecular flexibility index (Phi) is 3.81. The average molecular weight is 337 g/mol. The van der Waals surface area contributed by atoms with Gasteiger partial charge in [-0.2, -0.15) is 0 Å². The number of ether oxygens (including phenoxy) is 1. The van der Waals surface area contributed by atoms with Crippen LogP contribution in [0.1, 0.15) is 59.3 Å². The molecule has 2 saturated heterocycles. The molecule has 2 atom stereocenters. The van der Waals surface area contributed by atoms with Gasteiger partial charge >= 0.3 is 6.09 Å². The second kappa shape index (κ2) is 5.36. The molecule has 0 bridgehead atoms. The molecule has 1 saturated carbocycles. The molecular formula is C17H27N3O4. The van der Waals surface area contributed by atoms with E-state index < -0.39 is 29.1 Å². The molecule has 2 aliphatic heterocycles. The van der Waals surface area contributed by atoms with E-state index in [-0.39, 0.29) is 24.4 Å². The van der Waals surface area contributed by atoms with Crippen molar-refractivity contribution in [3.63, 3.8) is 0 Å². The van der Waals surface area contributed by atoms with Crippen LogP contribution in [0, 0.1) is 5.41 Å². The molecule has 0 unspecified atom stereocenters. The maximum Gasteiger partial charge on any atom is 0.411 e. The zero-order valence-corrected chi connectivity index (χ0v) is 14.7. The van der Waals surface area contributed by atoms with Gasteiger partial charge in [0.2, 0.25) is 11.8 Å². The van der Waals surface area contributed by atoms with Gasteiger partial charge in [-0.1, -0.05) is 12.8 Å². The fourth-order valence-corrected chi connectivity index (χ4v) is 4.54. The first kappa shape index (κ1) is 17.0. The highest BCUT2D eigenvalue weighted by Crippen LogP contribution is 2.50. The number of amides is 3. The van der Waals surface area contributed by atoms with Crippen LogP contribution in [-0.2, 0) is 14.3 Å². The molecule has 3 aliphatic rings. The molecule has 3 fully saturated rings. The fourth-order valence-electron chi connectivity index (χ4n) is 4.54. The number of carbonyl (C=O) groups is 3. The van der Waals surface area contributed by atoms with E-state index in [4.69, 9.17) is 10.5 Å². The van der Waals surface area contributed by atoms with Gasteiger partial charge in [-0.3, -0.25) is 14.5 Å². The van der Waals surface area contributed by atoms with Crippen molar-refractivity contribution in [2.45, 2.75) is 76.5 Å². The summed E-state index contributed by atoms with van der Waals surface area (Å²) in [5, 5.41) is 3.16. The lowest BCUT2D eigenvalue weighted by Crippen LogP contribution is -2.46. The maximum absolute atomic E-state index is 12.7. The zero-order chi connectivity index (χ0) is 17.8. The Morgan fingerprint density at radius 3 is 2.46 bits per heavy atom. The Morgan fingerprint density at radius 1 is 1.29 bits per heavy atom. The second-order valence-electron chi connectivity index (χ2n) is 8.63. The molecule has 0 aromatic heterocycles. The largest absolute Gasteiger partial charge is 0.444 e. The summed E-state index contributed by atoms with van der Waals surface area (Å²) in [5.74, 6) is -0.639. The van der Waals surface area contributed by atoms with Gasteiger partial charge in [0.15, 0.2) is 0 Å². The van der Waals surface area contributed by atoms with Gasteiger partial charge in [0.05, 0.1) is 5.41 Å². The zero-order valence-electron chi connectivity index (χ0n) is 14.7. The summed E-state index contributed by atoms with van der Waals surface area (Å²) in [6, 6.07) is -0.790. The van der Waals surface area contributed by atoms with Gasteiger partial charge in [0.25, 0.3) is 0 Å². The molecule has 134 valence electrons. The number of hydrogen-bond acceptors (Lipinski definition) is 4. The highest BCUT2D eigenvalue weighted by molar-refractivity contribution is 5.92. The van der Waals surface area contributed by atoms with Crippen molar-refractivity contribution in [2.24, 2.45) is 11.1 Å². The van der Waals surface area contributed by atoms with Gasteiger partial charge in [-0.05, 0) is 46.5 Å². The molecule has 24 heavy (non-hydrogen) atoms. The Bertz CT molecular complexity index is 577. The summed E-state index contributed by atoms with van der Waals surface area (Å²) in [7, 11) is 0. The molecule has 3 N–H and O–H groups in total. The lowest BCUT2D eigenvalue weighted by Gasteiger charge is -2.28. The van der Waals surface area contributed by atoms with Gasteiger partial charge in [0, 0.05) is 12.1 Å². The number of nitrogens with zero attached hydrogens (tertiary/aromatic N) is 1. The topological polar surface area (TPSA) is 102 Å². The first-order valence-electron chi connectivity index (χ1n) is 8.68. The Morgan fingerprint density at radius 2 is 1.92 bits per heavy atom. The molecule has 0 aromatic rings. The van der Waals surface area contributed by atoms with E-state index in [1.165, 1.54) is 4.90 Å². The molecule has 1 aliphatic carbocycles. The molecule has 2 heterocycles. The minimum absolute atomic E-state index is 0.0540. The smallest absolute Gasteiger partial charge is 0.411 e. The third-order valence-electron chi connectivity index (χ3n) is 5.49. The van der Waals surface area contributed by atoms with Crippen LogP contribution in [0.3, 0.4) is 0 Å². The number of nitrogens with two attached hydrogens (primary N) is 1. The summed E-state index contributed by atoms with van der Waals surface area (Å²) in [6.07, 6.45) is 4.51. The van der Waals surface area contributed by atoms with Crippen molar-refractivity contribution < 1.29 is 19.1 Å². The Balaban J connectivity index is 1.84. The first-order valence-corrected chi connectivity index (χ1v) is 8.68. The van der Waals surface area contributed by atoms with Crippen molar-refractivity contribution in [3.05, 3.63) is 0 Å². The highest BCUT2D eigenvalue weighted by Gasteiger charge is 2.61. The summed E-state index contributed by atoms with van der Waals surface area (Å²) in [4.78, 5) is 38.5. The van der Waals surface area contributed by atoms with E-state index in [1.54, 1.807) is 20.8 Å². The van der Waals surface area contributed by atoms with Crippen LogP contribution in [0.15, 0.2) is 0 Å². The lowest BCUT2D eigenvalue weighted by atomic mass is 9.78. The highest BCUT2D eigenvalue weighted by atomic mass is 16.6. The van der Waals surface area contributed by atoms with Crippen LogP contribution in [0.4, 0.5) is 4.79 Å². The van der Waals surface area contributed by atoms with Crippen molar-refractivity contribution in [1.82, 2.24) is 10.2 Å². The van der Waals surface area contributed by atoms with Crippen molar-refractivity contribution in [3.8, 4) is 0 Å². The molecule has 0 radical (unpaired) electrons. The van der Waals surface area contributed by atoms with E-state index in [0.717, 1.165) is 25.7 Å². The standard InChI is InChI=1S/C17H27N3O4/c1-15(2,3)24-14(23)20-10-16(8-11(20)12(18)21)9-17(19-13(16)22)6-4-5-7-17/h11H,4-10H2,1-3H3,(H2,18,21)(H,19,22)/t11-,16+/m0/s1. The minimum atomic E-state index is -0.790. The number of primary amides is 1. The Labute approximate surface area is 142 Å². The summed E-state index contributed by atoms with van der Waals surface area (Å²) in [6.45, 7) is 5.51. The number of likely N-dealkylation sites (tertiary alicyclic amines) is 1. The van der Waals surface area contributed by atoms with E-state index in [0.29, 0.717) is 6.42 Å². The molecule has 3 rings (SSSR count). The van der Waals surface area contributed by atoms with Crippen molar-refractivity contribution >= 4 is 17.9 Å². The molecule has 7 heteroatoms. The van der Waals surface area contributed by atoms with E-state index >= 15 is 0 Å². The van der Waals surface area contributed by atoms with Crippen LogP contribution < -0.4 is 11.1 Å². The van der Waals surface area contributed by atoms with Crippen LogP contribution in [0.25, 0.3) is 0 Å².